The van der Waals surface area contributed by atoms with Crippen LogP contribution >= 0.6 is 0 Å². The Bertz CT molecular complexity index is 320. The van der Waals surface area contributed by atoms with E-state index < -0.39 is 0 Å². The summed E-state index contributed by atoms with van der Waals surface area (Å²) in [5.74, 6) is 0. The second kappa shape index (κ2) is 5.46. The van der Waals surface area contributed by atoms with Gasteiger partial charge in [-0.3, -0.25) is 0 Å². The first-order valence-electron chi connectivity index (χ1n) is 6.17. The minimum atomic E-state index is 0.344. The van der Waals surface area contributed by atoms with Gasteiger partial charge in [0.05, 0.1) is 12.7 Å². The Morgan fingerprint density at radius 2 is 2.00 bits per heavy atom. The van der Waals surface area contributed by atoms with E-state index >= 15 is 0 Å². The molecule has 0 aromatic heterocycles. The van der Waals surface area contributed by atoms with E-state index in [2.05, 4.69) is 31.2 Å². The van der Waals surface area contributed by atoms with Crippen LogP contribution in [0.15, 0.2) is 24.3 Å². The molecule has 16 heavy (non-hydrogen) atoms. The standard InChI is InChI=1S/C14H21NO/c1-11-5-7-12(8-6-11)10-16-14-4-2-3-13(15)9-14/h5-8,13-14H,2-4,9-10,15H2,1H3. The summed E-state index contributed by atoms with van der Waals surface area (Å²) in [7, 11) is 0. The van der Waals surface area contributed by atoms with Crippen LogP contribution < -0.4 is 5.73 Å². The van der Waals surface area contributed by atoms with Crippen LogP contribution in [0.2, 0.25) is 0 Å². The molecule has 0 saturated heterocycles. The summed E-state index contributed by atoms with van der Waals surface area (Å²) < 4.78 is 5.90. The highest BCUT2D eigenvalue weighted by Gasteiger charge is 2.19. The first-order valence-corrected chi connectivity index (χ1v) is 6.17. The van der Waals surface area contributed by atoms with Crippen LogP contribution in [0.25, 0.3) is 0 Å². The number of rotatable bonds is 3. The first kappa shape index (κ1) is 11.6. The number of hydrogen-bond donors (Lipinski definition) is 1. The van der Waals surface area contributed by atoms with E-state index in [1.54, 1.807) is 0 Å². The Morgan fingerprint density at radius 1 is 1.25 bits per heavy atom. The molecule has 0 heterocycles. The van der Waals surface area contributed by atoms with Gasteiger partial charge in [0.2, 0.25) is 0 Å². The van der Waals surface area contributed by atoms with Crippen molar-refractivity contribution >= 4 is 0 Å². The maximum absolute atomic E-state index is 5.93. The average molecular weight is 219 g/mol. The molecular formula is C14H21NO. The number of benzene rings is 1. The fourth-order valence-electron chi connectivity index (χ4n) is 2.23. The summed E-state index contributed by atoms with van der Waals surface area (Å²) in [6.07, 6.45) is 4.92. The summed E-state index contributed by atoms with van der Waals surface area (Å²) >= 11 is 0. The predicted octanol–water partition coefficient (Wildman–Crippen LogP) is 2.78. The molecule has 2 atom stereocenters. The van der Waals surface area contributed by atoms with Gasteiger partial charge in [0.15, 0.2) is 0 Å². The normalized spacial score (nSPS) is 25.6. The largest absolute Gasteiger partial charge is 0.373 e. The molecule has 1 fully saturated rings. The minimum Gasteiger partial charge on any atom is -0.373 e. The molecule has 0 radical (unpaired) electrons. The quantitative estimate of drug-likeness (QED) is 0.848. The molecule has 0 bridgehead atoms. The number of ether oxygens (including phenoxy) is 1. The van der Waals surface area contributed by atoms with Crippen molar-refractivity contribution in [3.05, 3.63) is 35.4 Å². The van der Waals surface area contributed by atoms with Crippen molar-refractivity contribution in [2.75, 3.05) is 0 Å². The number of hydrogen-bond acceptors (Lipinski definition) is 2. The van der Waals surface area contributed by atoms with Crippen LogP contribution in [-0.4, -0.2) is 12.1 Å². The van der Waals surface area contributed by atoms with Crippen LogP contribution in [0.4, 0.5) is 0 Å². The highest BCUT2D eigenvalue weighted by Crippen LogP contribution is 2.20. The summed E-state index contributed by atoms with van der Waals surface area (Å²) in [6, 6.07) is 8.88. The van der Waals surface area contributed by atoms with Gasteiger partial charge >= 0.3 is 0 Å². The third-order valence-corrected chi connectivity index (χ3v) is 3.27. The topological polar surface area (TPSA) is 35.2 Å². The monoisotopic (exact) mass is 219 g/mol. The van der Waals surface area contributed by atoms with Crippen molar-refractivity contribution in [1.29, 1.82) is 0 Å². The molecule has 0 amide bonds. The molecule has 1 aromatic rings. The van der Waals surface area contributed by atoms with Gasteiger partial charge in [-0.2, -0.15) is 0 Å². The second-order valence-electron chi connectivity index (χ2n) is 4.85. The fourth-order valence-corrected chi connectivity index (χ4v) is 2.23. The molecule has 2 heteroatoms. The lowest BCUT2D eigenvalue weighted by Crippen LogP contribution is -2.32. The minimum absolute atomic E-state index is 0.344. The second-order valence-corrected chi connectivity index (χ2v) is 4.85. The zero-order valence-corrected chi connectivity index (χ0v) is 9.99. The third-order valence-electron chi connectivity index (χ3n) is 3.27. The van der Waals surface area contributed by atoms with Gasteiger partial charge in [0, 0.05) is 6.04 Å². The lowest BCUT2D eigenvalue weighted by atomic mass is 9.93. The zero-order valence-electron chi connectivity index (χ0n) is 9.99. The van der Waals surface area contributed by atoms with Crippen LogP contribution in [-0.2, 0) is 11.3 Å². The van der Waals surface area contributed by atoms with Crippen LogP contribution in [0.3, 0.4) is 0 Å². The molecule has 2 N–H and O–H groups in total. The van der Waals surface area contributed by atoms with Gasteiger partial charge in [-0.15, -0.1) is 0 Å². The molecule has 2 unspecified atom stereocenters. The van der Waals surface area contributed by atoms with E-state index in [4.69, 9.17) is 10.5 Å². The van der Waals surface area contributed by atoms with Crippen molar-refractivity contribution < 1.29 is 4.74 Å². The van der Waals surface area contributed by atoms with Crippen LogP contribution in [0.5, 0.6) is 0 Å². The molecule has 1 aromatic carbocycles. The molecule has 2 nitrogen and oxygen atoms in total. The van der Waals surface area contributed by atoms with Crippen molar-refractivity contribution in [1.82, 2.24) is 0 Å². The van der Waals surface area contributed by atoms with Crippen LogP contribution in [0.1, 0.15) is 36.8 Å². The van der Waals surface area contributed by atoms with Crippen molar-refractivity contribution in [2.45, 2.75) is 51.4 Å². The predicted molar refractivity (Wildman–Crippen MR) is 66.2 cm³/mol. The third kappa shape index (κ3) is 3.32. The van der Waals surface area contributed by atoms with Gasteiger partial charge in [0.25, 0.3) is 0 Å². The maximum Gasteiger partial charge on any atom is 0.0720 e. The zero-order chi connectivity index (χ0) is 11.4. The van der Waals surface area contributed by atoms with E-state index in [0.29, 0.717) is 12.1 Å². The molecule has 0 spiro atoms. The average Bonchev–Trinajstić information content (AvgIpc) is 2.28. The molecular weight excluding hydrogens is 198 g/mol. The van der Waals surface area contributed by atoms with Gasteiger partial charge in [-0.1, -0.05) is 29.8 Å². The van der Waals surface area contributed by atoms with E-state index in [0.717, 1.165) is 19.4 Å². The Labute approximate surface area is 97.8 Å². The highest BCUT2D eigenvalue weighted by molar-refractivity contribution is 5.20. The van der Waals surface area contributed by atoms with E-state index in [1.807, 2.05) is 0 Å². The van der Waals surface area contributed by atoms with Gasteiger partial charge in [-0.05, 0) is 38.2 Å². The smallest absolute Gasteiger partial charge is 0.0720 e. The summed E-state index contributed by atoms with van der Waals surface area (Å²) in [6.45, 7) is 2.82. The van der Waals surface area contributed by atoms with E-state index in [9.17, 15) is 0 Å². The Hall–Kier alpha value is -0.860. The van der Waals surface area contributed by atoms with E-state index in [-0.39, 0.29) is 0 Å². The van der Waals surface area contributed by atoms with Crippen molar-refractivity contribution in [3.8, 4) is 0 Å². The molecule has 88 valence electrons. The summed E-state index contributed by atoms with van der Waals surface area (Å²) in [5, 5.41) is 0. The molecule has 2 rings (SSSR count). The lowest BCUT2D eigenvalue weighted by Gasteiger charge is -2.26. The fraction of sp³-hybridized carbons (Fsp3) is 0.571. The number of aryl methyl sites for hydroxylation is 1. The summed E-state index contributed by atoms with van der Waals surface area (Å²) in [5.41, 5.74) is 8.48. The summed E-state index contributed by atoms with van der Waals surface area (Å²) in [4.78, 5) is 0. The molecule has 1 saturated carbocycles. The van der Waals surface area contributed by atoms with Crippen LogP contribution in [0, 0.1) is 6.92 Å². The maximum atomic E-state index is 5.93. The van der Waals surface area contributed by atoms with Gasteiger partial charge in [0.1, 0.15) is 0 Å². The van der Waals surface area contributed by atoms with Crippen molar-refractivity contribution in [3.63, 3.8) is 0 Å². The Balaban J connectivity index is 1.80. The molecule has 1 aliphatic carbocycles. The first-order chi connectivity index (χ1) is 7.74. The van der Waals surface area contributed by atoms with E-state index in [1.165, 1.54) is 24.0 Å². The van der Waals surface area contributed by atoms with Gasteiger partial charge < -0.3 is 10.5 Å². The molecule has 1 aliphatic rings. The lowest BCUT2D eigenvalue weighted by molar-refractivity contribution is 0.0122. The number of nitrogens with two attached hydrogens (primary N) is 1. The SMILES string of the molecule is Cc1ccc(COC2CCCC(N)C2)cc1. The Morgan fingerprint density at radius 3 is 2.69 bits per heavy atom. The van der Waals surface area contributed by atoms with Crippen molar-refractivity contribution in [2.24, 2.45) is 5.73 Å². The molecule has 0 aliphatic heterocycles. The highest BCUT2D eigenvalue weighted by atomic mass is 16.5. The Kier molecular flexibility index (Phi) is 3.97. The van der Waals surface area contributed by atoms with Gasteiger partial charge in [-0.25, -0.2) is 0 Å².